The molecule has 0 fully saturated rings. The lowest BCUT2D eigenvalue weighted by atomic mass is 10.2. The highest BCUT2D eigenvalue weighted by Crippen LogP contribution is 2.08. The van der Waals surface area contributed by atoms with Crippen molar-refractivity contribution in [2.75, 3.05) is 23.9 Å². The van der Waals surface area contributed by atoms with Gasteiger partial charge in [0.2, 0.25) is 0 Å². The maximum atomic E-state index is 11.9. The van der Waals surface area contributed by atoms with Crippen molar-refractivity contribution in [2.24, 2.45) is 5.73 Å². The fraction of sp³-hybridized carbons (Fsp3) is 0.400. The second-order valence-corrected chi connectivity index (χ2v) is 5.85. The van der Waals surface area contributed by atoms with E-state index in [4.69, 9.17) is 10.5 Å². The zero-order valence-corrected chi connectivity index (χ0v) is 13.9. The molecule has 23 heavy (non-hydrogen) atoms. The van der Waals surface area contributed by atoms with Crippen molar-refractivity contribution in [1.82, 2.24) is 5.32 Å². The average Bonchev–Trinajstić information content (AvgIpc) is 2.51. The molecule has 126 valence electrons. The molecule has 0 saturated carbocycles. The summed E-state index contributed by atoms with van der Waals surface area (Å²) >= 11 is 1.52. The Morgan fingerprint density at radius 2 is 1.91 bits per heavy atom. The fourth-order valence-corrected chi connectivity index (χ4v) is 2.20. The van der Waals surface area contributed by atoms with E-state index in [0.717, 1.165) is 5.56 Å². The second kappa shape index (κ2) is 9.73. The quantitative estimate of drug-likeness (QED) is 0.618. The molecule has 8 heteroatoms. The maximum absolute atomic E-state index is 11.9. The molecule has 3 amide bonds. The van der Waals surface area contributed by atoms with Gasteiger partial charge in [0.05, 0.1) is 0 Å². The lowest BCUT2D eigenvalue weighted by Crippen LogP contribution is -2.45. The molecule has 0 bridgehead atoms. The van der Waals surface area contributed by atoms with Gasteiger partial charge in [-0.2, -0.15) is 11.8 Å². The molecule has 0 spiro atoms. The van der Waals surface area contributed by atoms with Gasteiger partial charge in [-0.1, -0.05) is 17.7 Å². The standard InChI is InChI=1S/C15H21N3O4S/c1-10-3-5-11(6-4-10)17-13(19)9-22-14(20)12(7-8-23-2)18-15(16)21/h3-6,12H,7-9H2,1-2H3,(H,17,19)(H3,16,18,21)/t12-/m1/s1. The van der Waals surface area contributed by atoms with Crippen LogP contribution in [-0.4, -0.2) is 42.6 Å². The van der Waals surface area contributed by atoms with Gasteiger partial charge >= 0.3 is 12.0 Å². The van der Waals surface area contributed by atoms with E-state index < -0.39 is 30.6 Å². The minimum atomic E-state index is -0.855. The molecular formula is C15H21N3O4S. The third kappa shape index (κ3) is 7.55. The first-order valence-corrected chi connectivity index (χ1v) is 8.40. The summed E-state index contributed by atoms with van der Waals surface area (Å²) in [6.07, 6.45) is 2.25. The van der Waals surface area contributed by atoms with Gasteiger partial charge in [-0.3, -0.25) is 4.79 Å². The lowest BCUT2D eigenvalue weighted by molar-refractivity contribution is -0.149. The monoisotopic (exact) mass is 339 g/mol. The minimum absolute atomic E-state index is 0.378. The first kappa shape index (κ1) is 18.8. The Balaban J connectivity index is 2.46. The number of amides is 3. The van der Waals surface area contributed by atoms with Gasteiger partial charge in [0.25, 0.3) is 5.91 Å². The Hall–Kier alpha value is -2.22. The lowest BCUT2D eigenvalue weighted by Gasteiger charge is -2.15. The normalized spacial score (nSPS) is 11.4. The molecule has 7 nitrogen and oxygen atoms in total. The van der Waals surface area contributed by atoms with Crippen LogP contribution in [-0.2, 0) is 14.3 Å². The number of aryl methyl sites for hydroxylation is 1. The predicted octanol–water partition coefficient (Wildman–Crippen LogP) is 1.27. The number of nitrogens with one attached hydrogen (secondary N) is 2. The molecule has 1 aromatic carbocycles. The summed E-state index contributed by atoms with van der Waals surface area (Å²) < 4.78 is 4.93. The zero-order valence-electron chi connectivity index (χ0n) is 13.1. The van der Waals surface area contributed by atoms with Crippen molar-refractivity contribution in [3.8, 4) is 0 Å². The number of hydrogen-bond acceptors (Lipinski definition) is 5. The van der Waals surface area contributed by atoms with Crippen LogP contribution in [0.3, 0.4) is 0 Å². The first-order chi connectivity index (χ1) is 10.9. The third-order valence-corrected chi connectivity index (χ3v) is 3.54. The van der Waals surface area contributed by atoms with E-state index in [1.165, 1.54) is 11.8 Å². The number of anilines is 1. The number of esters is 1. The molecule has 0 unspecified atom stereocenters. The molecule has 0 aromatic heterocycles. The van der Waals surface area contributed by atoms with Crippen molar-refractivity contribution in [3.05, 3.63) is 29.8 Å². The van der Waals surface area contributed by atoms with Crippen LogP contribution in [0.25, 0.3) is 0 Å². The van der Waals surface area contributed by atoms with E-state index in [1.807, 2.05) is 25.3 Å². The van der Waals surface area contributed by atoms with Crippen molar-refractivity contribution in [2.45, 2.75) is 19.4 Å². The van der Waals surface area contributed by atoms with E-state index in [1.54, 1.807) is 12.1 Å². The van der Waals surface area contributed by atoms with Crippen LogP contribution >= 0.6 is 11.8 Å². The molecule has 4 N–H and O–H groups in total. The Bertz CT molecular complexity index is 548. The number of primary amides is 1. The maximum Gasteiger partial charge on any atom is 0.329 e. The third-order valence-electron chi connectivity index (χ3n) is 2.89. The van der Waals surface area contributed by atoms with Crippen molar-refractivity contribution in [1.29, 1.82) is 0 Å². The van der Waals surface area contributed by atoms with E-state index in [-0.39, 0.29) is 0 Å². The Morgan fingerprint density at radius 3 is 2.48 bits per heavy atom. The Labute approximate surface area is 139 Å². The van der Waals surface area contributed by atoms with Crippen LogP contribution in [0, 0.1) is 6.92 Å². The van der Waals surface area contributed by atoms with Gasteiger partial charge in [0.1, 0.15) is 6.04 Å². The summed E-state index contributed by atoms with van der Waals surface area (Å²) in [5, 5.41) is 4.93. The van der Waals surface area contributed by atoms with Crippen LogP contribution in [0.15, 0.2) is 24.3 Å². The van der Waals surface area contributed by atoms with Crippen molar-refractivity contribution < 1.29 is 19.1 Å². The van der Waals surface area contributed by atoms with E-state index in [0.29, 0.717) is 17.9 Å². The summed E-state index contributed by atoms with van der Waals surface area (Å²) in [5.41, 5.74) is 6.72. The molecule has 0 radical (unpaired) electrons. The van der Waals surface area contributed by atoms with Crippen LogP contribution < -0.4 is 16.4 Å². The highest BCUT2D eigenvalue weighted by molar-refractivity contribution is 7.98. The van der Waals surface area contributed by atoms with E-state index in [9.17, 15) is 14.4 Å². The number of ether oxygens (including phenoxy) is 1. The van der Waals surface area contributed by atoms with Crippen LogP contribution in [0.2, 0.25) is 0 Å². The van der Waals surface area contributed by atoms with Gasteiger partial charge < -0.3 is 21.1 Å². The zero-order chi connectivity index (χ0) is 17.2. The summed E-state index contributed by atoms with van der Waals surface area (Å²) in [5.74, 6) is -0.489. The fourth-order valence-electron chi connectivity index (χ4n) is 1.73. The average molecular weight is 339 g/mol. The predicted molar refractivity (Wildman–Crippen MR) is 90.3 cm³/mol. The van der Waals surface area contributed by atoms with Crippen LogP contribution in [0.4, 0.5) is 10.5 Å². The number of rotatable bonds is 8. The summed E-state index contributed by atoms with van der Waals surface area (Å²) in [4.78, 5) is 34.6. The Morgan fingerprint density at radius 1 is 1.26 bits per heavy atom. The number of thioether (sulfide) groups is 1. The molecule has 0 aliphatic rings. The van der Waals surface area contributed by atoms with E-state index >= 15 is 0 Å². The highest BCUT2D eigenvalue weighted by Gasteiger charge is 2.21. The molecule has 0 aliphatic heterocycles. The minimum Gasteiger partial charge on any atom is -0.454 e. The van der Waals surface area contributed by atoms with Gasteiger partial charge in [0.15, 0.2) is 6.61 Å². The smallest absolute Gasteiger partial charge is 0.329 e. The molecular weight excluding hydrogens is 318 g/mol. The van der Waals surface area contributed by atoms with Gasteiger partial charge in [-0.25, -0.2) is 9.59 Å². The summed E-state index contributed by atoms with van der Waals surface area (Å²) in [6, 6.07) is 5.56. The van der Waals surface area contributed by atoms with Crippen LogP contribution in [0.1, 0.15) is 12.0 Å². The highest BCUT2D eigenvalue weighted by atomic mass is 32.2. The number of urea groups is 1. The molecule has 1 rings (SSSR count). The molecule has 0 saturated heterocycles. The van der Waals surface area contributed by atoms with Gasteiger partial charge in [-0.15, -0.1) is 0 Å². The van der Waals surface area contributed by atoms with Crippen molar-refractivity contribution in [3.63, 3.8) is 0 Å². The molecule has 0 heterocycles. The summed E-state index contributed by atoms with van der Waals surface area (Å²) in [7, 11) is 0. The number of carbonyl (C=O) groups is 3. The van der Waals surface area contributed by atoms with Gasteiger partial charge in [0, 0.05) is 5.69 Å². The summed E-state index contributed by atoms with van der Waals surface area (Å²) in [6.45, 7) is 1.51. The largest absolute Gasteiger partial charge is 0.454 e. The number of benzene rings is 1. The second-order valence-electron chi connectivity index (χ2n) is 4.86. The van der Waals surface area contributed by atoms with E-state index in [2.05, 4.69) is 10.6 Å². The Kier molecular flexibility index (Phi) is 7.96. The number of carbonyl (C=O) groups excluding carboxylic acids is 3. The molecule has 1 atom stereocenters. The number of nitrogens with two attached hydrogens (primary N) is 1. The first-order valence-electron chi connectivity index (χ1n) is 7.00. The number of hydrogen-bond donors (Lipinski definition) is 3. The van der Waals surface area contributed by atoms with Gasteiger partial charge in [-0.05, 0) is 37.5 Å². The molecule has 1 aromatic rings. The topological polar surface area (TPSA) is 111 Å². The van der Waals surface area contributed by atoms with Crippen molar-refractivity contribution >= 4 is 35.4 Å². The van der Waals surface area contributed by atoms with Crippen LogP contribution in [0.5, 0.6) is 0 Å². The molecule has 0 aliphatic carbocycles. The SMILES string of the molecule is CSCC[C@@H](NC(N)=O)C(=O)OCC(=O)Nc1ccc(C)cc1.